The number of halogens is 2. The fourth-order valence-corrected chi connectivity index (χ4v) is 6.36. The molecule has 3 aromatic heterocycles. The van der Waals surface area contributed by atoms with Crippen molar-refractivity contribution in [2.45, 2.75) is 63.6 Å². The number of carbonyl (C=O) groups is 2. The summed E-state index contributed by atoms with van der Waals surface area (Å²) < 4.78 is 36.8. The second kappa shape index (κ2) is 11.1. The first-order valence-corrected chi connectivity index (χ1v) is 15.4. The summed E-state index contributed by atoms with van der Waals surface area (Å²) in [6.07, 6.45) is 7.60. The maximum Gasteiger partial charge on any atom is 0.411 e. The number of nitrogens with two attached hydrogens (primary N) is 1. The highest BCUT2D eigenvalue weighted by molar-refractivity contribution is 6.04. The molecule has 47 heavy (non-hydrogen) atoms. The fourth-order valence-electron chi connectivity index (χ4n) is 6.36. The van der Waals surface area contributed by atoms with E-state index in [2.05, 4.69) is 15.3 Å². The van der Waals surface area contributed by atoms with Gasteiger partial charge in [0.05, 0.1) is 6.04 Å². The number of pyridine rings is 1. The zero-order chi connectivity index (χ0) is 33.1. The van der Waals surface area contributed by atoms with Crippen molar-refractivity contribution in [2.24, 2.45) is 0 Å². The van der Waals surface area contributed by atoms with Crippen molar-refractivity contribution < 1.29 is 23.1 Å². The van der Waals surface area contributed by atoms with Gasteiger partial charge in [0.2, 0.25) is 0 Å². The van der Waals surface area contributed by atoms with Crippen molar-refractivity contribution in [1.82, 2.24) is 24.3 Å². The number of fused-ring (bicyclic) bond motifs is 1. The Morgan fingerprint density at radius 2 is 1.74 bits per heavy atom. The average Bonchev–Trinajstić information content (AvgIpc) is 3.54. The minimum atomic E-state index is -0.686. The number of rotatable bonds is 5. The zero-order valence-electron chi connectivity index (χ0n) is 26.1. The van der Waals surface area contributed by atoms with Crippen LogP contribution < -0.4 is 11.1 Å². The van der Waals surface area contributed by atoms with Crippen molar-refractivity contribution in [3.05, 3.63) is 96.2 Å². The van der Waals surface area contributed by atoms with E-state index in [0.717, 1.165) is 36.5 Å². The third kappa shape index (κ3) is 5.64. The summed E-state index contributed by atoms with van der Waals surface area (Å²) in [6, 6.07) is 13.0. The number of imidazole rings is 1. The molecule has 1 atom stereocenters. The maximum atomic E-state index is 15.9. The Labute approximate surface area is 269 Å². The molecular formula is C35H33F2N7O3. The molecule has 12 heteroatoms. The van der Waals surface area contributed by atoms with Gasteiger partial charge in [-0.2, -0.15) is 0 Å². The predicted octanol–water partition coefficient (Wildman–Crippen LogP) is 7.18. The van der Waals surface area contributed by atoms with E-state index < -0.39 is 29.5 Å². The third-order valence-corrected chi connectivity index (χ3v) is 8.70. The highest BCUT2D eigenvalue weighted by Crippen LogP contribution is 2.56. The number of carbonyl (C=O) groups excluding carboxylic acids is 2. The van der Waals surface area contributed by atoms with E-state index in [4.69, 9.17) is 15.5 Å². The maximum absolute atomic E-state index is 15.9. The number of nitrogen functional groups attached to an aromatic ring is 1. The summed E-state index contributed by atoms with van der Waals surface area (Å²) in [6.45, 7) is 5.50. The Morgan fingerprint density at radius 1 is 0.979 bits per heavy atom. The van der Waals surface area contributed by atoms with Gasteiger partial charge in [-0.15, -0.1) is 0 Å². The van der Waals surface area contributed by atoms with E-state index in [0.29, 0.717) is 17.8 Å². The molecule has 1 spiro atoms. The number of nitrogens with zero attached hydrogens (tertiary/aromatic N) is 5. The number of benzene rings is 2. The molecule has 4 heterocycles. The second-order valence-corrected chi connectivity index (χ2v) is 13.1. The standard InChI is InChI=1S/C35H33F2N7O3/c1-34(2,3)47-33(46)44-26(10-12-35(44)13-14-35)31-42-28(29-30(38)40-16-17-43(29)31)24-9-6-22(18-25(24)37)32(45)41-27-19-21(11-15-39-27)20-4-7-23(36)8-5-20/h4-9,11,15-19,26H,10,12-14H2,1-3H3,(H2,38,40)(H,39,41,45)/t26-/m0/s1. The number of aromatic nitrogens is 4. The molecule has 2 aliphatic rings. The van der Waals surface area contributed by atoms with Gasteiger partial charge in [-0.1, -0.05) is 12.1 Å². The molecule has 2 aromatic carbocycles. The highest BCUT2D eigenvalue weighted by atomic mass is 19.1. The van der Waals surface area contributed by atoms with Crippen LogP contribution in [-0.4, -0.2) is 47.4 Å². The Kier molecular flexibility index (Phi) is 7.18. The van der Waals surface area contributed by atoms with E-state index in [-0.39, 0.29) is 39.8 Å². The van der Waals surface area contributed by atoms with Gasteiger partial charge in [0, 0.05) is 35.3 Å². The summed E-state index contributed by atoms with van der Waals surface area (Å²) in [5, 5.41) is 2.70. The van der Waals surface area contributed by atoms with Crippen LogP contribution in [-0.2, 0) is 4.74 Å². The number of hydrogen-bond donors (Lipinski definition) is 2. The number of anilines is 2. The Morgan fingerprint density at radius 3 is 2.45 bits per heavy atom. The van der Waals surface area contributed by atoms with Crippen LogP contribution in [0.4, 0.5) is 25.2 Å². The van der Waals surface area contributed by atoms with E-state index >= 15 is 4.39 Å². The van der Waals surface area contributed by atoms with Gasteiger partial charge in [-0.05, 0) is 100 Å². The first-order chi connectivity index (χ1) is 22.4. The topological polar surface area (TPSA) is 128 Å². The van der Waals surface area contributed by atoms with Gasteiger partial charge in [-0.25, -0.2) is 28.5 Å². The number of hydrogen-bond acceptors (Lipinski definition) is 7. The highest BCUT2D eigenvalue weighted by Gasteiger charge is 2.59. The van der Waals surface area contributed by atoms with E-state index in [1.807, 2.05) is 20.8 Å². The Balaban J connectivity index is 1.20. The molecule has 0 unspecified atom stereocenters. The molecule has 3 N–H and O–H groups in total. The molecule has 240 valence electrons. The molecule has 1 aliphatic heterocycles. The summed E-state index contributed by atoms with van der Waals surface area (Å²) in [5.41, 5.74) is 7.72. The van der Waals surface area contributed by atoms with Gasteiger partial charge in [0.25, 0.3) is 5.91 Å². The molecule has 1 saturated heterocycles. The zero-order valence-corrected chi connectivity index (χ0v) is 26.1. The lowest BCUT2D eigenvalue weighted by Crippen LogP contribution is -2.42. The molecular weight excluding hydrogens is 604 g/mol. The van der Waals surface area contributed by atoms with Crippen LogP contribution in [0.3, 0.4) is 0 Å². The molecule has 10 nitrogen and oxygen atoms in total. The number of ether oxygens (including phenoxy) is 1. The molecule has 1 saturated carbocycles. The molecule has 2 amide bonds. The van der Waals surface area contributed by atoms with Crippen LogP contribution in [0.15, 0.2) is 73.2 Å². The minimum Gasteiger partial charge on any atom is -0.444 e. The monoisotopic (exact) mass is 637 g/mol. The van der Waals surface area contributed by atoms with Gasteiger partial charge >= 0.3 is 6.09 Å². The van der Waals surface area contributed by atoms with Crippen LogP contribution >= 0.6 is 0 Å². The smallest absolute Gasteiger partial charge is 0.411 e. The molecule has 1 aliphatic carbocycles. The lowest BCUT2D eigenvalue weighted by molar-refractivity contribution is 0.0108. The lowest BCUT2D eigenvalue weighted by Gasteiger charge is -2.32. The average molecular weight is 638 g/mol. The van der Waals surface area contributed by atoms with Crippen molar-refractivity contribution >= 4 is 29.2 Å². The van der Waals surface area contributed by atoms with E-state index in [1.54, 1.807) is 46.0 Å². The summed E-state index contributed by atoms with van der Waals surface area (Å²) in [7, 11) is 0. The normalized spacial score (nSPS) is 16.9. The SMILES string of the molecule is CC(C)(C)OC(=O)N1[C@H](c2nc(-c3ccc(C(=O)Nc4cc(-c5ccc(F)cc5)ccn4)cc3F)c3c(N)nccn23)CCC12CC2. The third-order valence-electron chi connectivity index (χ3n) is 8.70. The Bertz CT molecular complexity index is 2030. The molecule has 2 fully saturated rings. The van der Waals surface area contributed by atoms with Gasteiger partial charge < -0.3 is 15.8 Å². The molecule has 0 radical (unpaired) electrons. The van der Waals surface area contributed by atoms with E-state index in [9.17, 15) is 14.0 Å². The van der Waals surface area contributed by atoms with Crippen LogP contribution in [0.2, 0.25) is 0 Å². The minimum absolute atomic E-state index is 0.0673. The van der Waals surface area contributed by atoms with Gasteiger partial charge in [-0.3, -0.25) is 14.1 Å². The summed E-state index contributed by atoms with van der Waals surface area (Å²) in [4.78, 5) is 41.8. The summed E-state index contributed by atoms with van der Waals surface area (Å²) in [5.74, 6) is -0.665. The molecule has 7 rings (SSSR count). The number of nitrogens with one attached hydrogen (secondary N) is 1. The Hall–Kier alpha value is -5.39. The van der Waals surface area contributed by atoms with E-state index in [1.165, 1.54) is 30.5 Å². The van der Waals surface area contributed by atoms with Crippen molar-refractivity contribution in [3.8, 4) is 22.4 Å². The lowest BCUT2D eigenvalue weighted by atomic mass is 10.1. The van der Waals surface area contributed by atoms with Crippen molar-refractivity contribution in [3.63, 3.8) is 0 Å². The van der Waals surface area contributed by atoms with Crippen molar-refractivity contribution in [2.75, 3.05) is 11.1 Å². The van der Waals surface area contributed by atoms with Gasteiger partial charge in [0.15, 0.2) is 0 Å². The number of amides is 2. The largest absolute Gasteiger partial charge is 0.444 e. The molecule has 5 aromatic rings. The fraction of sp³-hybridized carbons (Fsp3) is 0.286. The first-order valence-electron chi connectivity index (χ1n) is 15.4. The molecule has 0 bridgehead atoms. The quantitative estimate of drug-likeness (QED) is 0.209. The second-order valence-electron chi connectivity index (χ2n) is 13.1. The van der Waals surface area contributed by atoms with Crippen LogP contribution in [0.5, 0.6) is 0 Å². The van der Waals surface area contributed by atoms with Crippen LogP contribution in [0, 0.1) is 11.6 Å². The summed E-state index contributed by atoms with van der Waals surface area (Å²) >= 11 is 0. The van der Waals surface area contributed by atoms with Gasteiger partial charge in [0.1, 0.15) is 45.9 Å². The predicted molar refractivity (Wildman–Crippen MR) is 172 cm³/mol. The van der Waals surface area contributed by atoms with Crippen molar-refractivity contribution in [1.29, 1.82) is 0 Å². The van der Waals surface area contributed by atoms with Crippen LogP contribution in [0.1, 0.15) is 68.7 Å². The number of likely N-dealkylation sites (tertiary alicyclic amines) is 1. The van der Waals surface area contributed by atoms with Crippen LogP contribution in [0.25, 0.3) is 27.9 Å². The first kappa shape index (κ1) is 30.3.